The SMILES string of the molecule is Cc1ccc(-n2nccn2)c(C(=O)N2C3CCC2CN(c2ncc4cc(F)ccc4n2)CC3)c1. The molecule has 2 aromatic carbocycles. The van der Waals surface area contributed by atoms with E-state index in [4.69, 9.17) is 0 Å². The Bertz CT molecular complexity index is 1370. The lowest BCUT2D eigenvalue weighted by Gasteiger charge is -2.29. The molecule has 0 aliphatic carbocycles. The van der Waals surface area contributed by atoms with Gasteiger partial charge in [-0.05, 0) is 56.5 Å². The molecular weight excluding hydrogens is 433 g/mol. The number of amides is 1. The second-order valence-corrected chi connectivity index (χ2v) is 9.04. The highest BCUT2D eigenvalue weighted by Gasteiger charge is 2.41. The van der Waals surface area contributed by atoms with Gasteiger partial charge in [-0.15, -0.1) is 0 Å². The zero-order chi connectivity index (χ0) is 23.2. The van der Waals surface area contributed by atoms with E-state index in [0.29, 0.717) is 34.6 Å². The van der Waals surface area contributed by atoms with Crippen LogP contribution in [0.3, 0.4) is 0 Å². The number of benzene rings is 2. The van der Waals surface area contributed by atoms with E-state index in [2.05, 4.69) is 30.0 Å². The Hall–Kier alpha value is -3.88. The van der Waals surface area contributed by atoms with E-state index in [1.54, 1.807) is 24.7 Å². The minimum atomic E-state index is -0.300. The van der Waals surface area contributed by atoms with Gasteiger partial charge in [-0.1, -0.05) is 11.6 Å². The Morgan fingerprint density at radius 1 is 1.03 bits per heavy atom. The molecular formula is C25H24FN7O. The van der Waals surface area contributed by atoms with Gasteiger partial charge in [0.05, 0.1) is 29.2 Å². The standard InChI is InChI=1S/C25H24FN7O/c1-16-2-7-23(33-28-9-10-29-33)21(12-16)24(34)32-19-4-5-20(32)15-31(11-8-19)25-27-14-17-13-18(26)3-6-22(17)30-25/h2-3,6-7,9-10,12-14,19-20H,4-5,8,11,15H2,1H3. The van der Waals surface area contributed by atoms with E-state index >= 15 is 0 Å². The van der Waals surface area contributed by atoms with Crippen molar-refractivity contribution in [3.63, 3.8) is 0 Å². The van der Waals surface area contributed by atoms with Crippen molar-refractivity contribution in [2.24, 2.45) is 0 Å². The molecule has 0 N–H and O–H groups in total. The number of anilines is 1. The second kappa shape index (κ2) is 8.16. The first kappa shape index (κ1) is 20.7. The summed E-state index contributed by atoms with van der Waals surface area (Å²) in [5.74, 6) is 0.335. The minimum absolute atomic E-state index is 0.0141. The van der Waals surface area contributed by atoms with Crippen molar-refractivity contribution in [1.29, 1.82) is 0 Å². The number of hydrogen-bond acceptors (Lipinski definition) is 6. The quantitative estimate of drug-likeness (QED) is 0.468. The summed E-state index contributed by atoms with van der Waals surface area (Å²) in [6, 6.07) is 10.6. The monoisotopic (exact) mass is 457 g/mol. The Morgan fingerprint density at radius 2 is 1.85 bits per heavy atom. The summed E-state index contributed by atoms with van der Waals surface area (Å²) < 4.78 is 13.5. The largest absolute Gasteiger partial charge is 0.339 e. The van der Waals surface area contributed by atoms with Gasteiger partial charge in [0.25, 0.3) is 5.91 Å². The van der Waals surface area contributed by atoms with Gasteiger partial charge in [-0.25, -0.2) is 14.4 Å². The molecule has 2 aliphatic rings. The van der Waals surface area contributed by atoms with Crippen LogP contribution >= 0.6 is 0 Å². The number of halogens is 1. The molecule has 2 unspecified atom stereocenters. The van der Waals surface area contributed by atoms with Crippen LogP contribution < -0.4 is 4.90 Å². The number of nitrogens with zero attached hydrogens (tertiary/aromatic N) is 7. The van der Waals surface area contributed by atoms with Gasteiger partial charge in [0.2, 0.25) is 5.95 Å². The first-order valence-corrected chi connectivity index (χ1v) is 11.5. The second-order valence-electron chi connectivity index (χ2n) is 9.04. The highest BCUT2D eigenvalue weighted by molar-refractivity contribution is 5.98. The average Bonchev–Trinajstić information content (AvgIpc) is 3.46. The van der Waals surface area contributed by atoms with Crippen molar-refractivity contribution in [3.05, 3.63) is 71.9 Å². The van der Waals surface area contributed by atoms with Crippen LogP contribution in [-0.4, -0.2) is 60.9 Å². The molecule has 2 aliphatic heterocycles. The summed E-state index contributed by atoms with van der Waals surface area (Å²) in [5.41, 5.74) is 3.03. The van der Waals surface area contributed by atoms with Crippen molar-refractivity contribution >= 4 is 22.8 Å². The van der Waals surface area contributed by atoms with E-state index in [1.165, 1.54) is 16.9 Å². The number of aryl methyl sites for hydroxylation is 1. The zero-order valence-electron chi connectivity index (χ0n) is 18.8. The van der Waals surface area contributed by atoms with Crippen LogP contribution in [0, 0.1) is 12.7 Å². The number of carbonyl (C=O) groups excluding carboxylic acids is 1. The molecule has 0 spiro atoms. The van der Waals surface area contributed by atoms with Crippen LogP contribution in [-0.2, 0) is 0 Å². The molecule has 4 heterocycles. The number of rotatable bonds is 3. The summed E-state index contributed by atoms with van der Waals surface area (Å²) in [7, 11) is 0. The molecule has 34 heavy (non-hydrogen) atoms. The predicted octanol–water partition coefficient (Wildman–Crippen LogP) is 3.54. The van der Waals surface area contributed by atoms with E-state index in [9.17, 15) is 9.18 Å². The fourth-order valence-corrected chi connectivity index (χ4v) is 5.21. The van der Waals surface area contributed by atoms with Crippen LogP contribution in [0.1, 0.15) is 35.2 Å². The van der Waals surface area contributed by atoms with Gasteiger partial charge >= 0.3 is 0 Å². The average molecular weight is 458 g/mol. The van der Waals surface area contributed by atoms with Crippen LogP contribution in [0.25, 0.3) is 16.6 Å². The summed E-state index contributed by atoms with van der Waals surface area (Å²) >= 11 is 0. The molecule has 2 fully saturated rings. The first-order chi connectivity index (χ1) is 16.6. The van der Waals surface area contributed by atoms with Gasteiger partial charge in [0, 0.05) is 36.8 Å². The highest BCUT2D eigenvalue weighted by atomic mass is 19.1. The highest BCUT2D eigenvalue weighted by Crippen LogP contribution is 2.34. The molecule has 9 heteroatoms. The van der Waals surface area contributed by atoms with Crippen LogP contribution in [0.2, 0.25) is 0 Å². The van der Waals surface area contributed by atoms with Crippen LogP contribution in [0.4, 0.5) is 10.3 Å². The lowest BCUT2D eigenvalue weighted by Crippen LogP contribution is -2.43. The predicted molar refractivity (Wildman–Crippen MR) is 125 cm³/mol. The molecule has 8 nitrogen and oxygen atoms in total. The molecule has 4 aromatic rings. The molecule has 172 valence electrons. The Labute approximate surface area is 196 Å². The lowest BCUT2D eigenvalue weighted by atomic mass is 10.1. The fourth-order valence-electron chi connectivity index (χ4n) is 5.21. The molecule has 0 saturated carbocycles. The van der Waals surface area contributed by atoms with E-state index in [1.807, 2.05) is 25.1 Å². The van der Waals surface area contributed by atoms with Crippen molar-refractivity contribution in [2.45, 2.75) is 38.3 Å². The van der Waals surface area contributed by atoms with Crippen LogP contribution in [0.15, 0.2) is 55.0 Å². The van der Waals surface area contributed by atoms with Gasteiger partial charge < -0.3 is 9.80 Å². The number of fused-ring (bicyclic) bond motifs is 3. The van der Waals surface area contributed by atoms with Gasteiger partial charge in [-0.2, -0.15) is 15.0 Å². The third kappa shape index (κ3) is 3.57. The van der Waals surface area contributed by atoms with E-state index < -0.39 is 0 Å². The van der Waals surface area contributed by atoms with Gasteiger partial charge in [-0.3, -0.25) is 4.79 Å². The van der Waals surface area contributed by atoms with Crippen LogP contribution in [0.5, 0.6) is 0 Å². The Balaban J connectivity index is 1.31. The first-order valence-electron chi connectivity index (χ1n) is 11.5. The van der Waals surface area contributed by atoms with E-state index in [0.717, 1.165) is 31.4 Å². The van der Waals surface area contributed by atoms with E-state index in [-0.39, 0.29) is 23.8 Å². The van der Waals surface area contributed by atoms with Crippen molar-refractivity contribution in [3.8, 4) is 5.69 Å². The molecule has 2 atom stereocenters. The normalized spacial score (nSPS) is 20.1. The third-order valence-corrected chi connectivity index (χ3v) is 6.85. The lowest BCUT2D eigenvalue weighted by molar-refractivity contribution is 0.0681. The summed E-state index contributed by atoms with van der Waals surface area (Å²) in [5, 5.41) is 9.17. The minimum Gasteiger partial charge on any atom is -0.339 e. The maximum Gasteiger partial charge on any atom is 0.256 e. The maximum absolute atomic E-state index is 13.9. The number of hydrogen-bond donors (Lipinski definition) is 0. The van der Waals surface area contributed by atoms with Gasteiger partial charge in [0.1, 0.15) is 5.82 Å². The van der Waals surface area contributed by atoms with Gasteiger partial charge in [0.15, 0.2) is 0 Å². The number of carbonyl (C=O) groups is 1. The Morgan fingerprint density at radius 3 is 2.71 bits per heavy atom. The smallest absolute Gasteiger partial charge is 0.256 e. The molecule has 2 bridgehead atoms. The van der Waals surface area contributed by atoms with Crippen molar-refractivity contribution in [1.82, 2.24) is 29.9 Å². The summed E-state index contributed by atoms with van der Waals surface area (Å²) in [6.07, 6.45) is 7.66. The Kier molecular flexibility index (Phi) is 4.97. The fraction of sp³-hybridized carbons (Fsp3) is 0.320. The van der Waals surface area contributed by atoms with Crippen molar-refractivity contribution in [2.75, 3.05) is 18.0 Å². The molecule has 6 rings (SSSR count). The molecule has 0 radical (unpaired) electrons. The summed E-state index contributed by atoms with van der Waals surface area (Å²) in [6.45, 7) is 3.41. The maximum atomic E-state index is 13.9. The molecule has 1 amide bonds. The number of aromatic nitrogens is 5. The third-order valence-electron chi connectivity index (χ3n) is 6.85. The molecule has 2 saturated heterocycles. The topological polar surface area (TPSA) is 80.0 Å². The molecule has 2 aromatic heterocycles. The zero-order valence-corrected chi connectivity index (χ0v) is 18.8. The van der Waals surface area contributed by atoms with Crippen molar-refractivity contribution < 1.29 is 9.18 Å². The summed E-state index contributed by atoms with van der Waals surface area (Å²) in [4.78, 5) is 28.8.